The van der Waals surface area contributed by atoms with Gasteiger partial charge in [-0.05, 0) is 62.4 Å². The normalized spacial score (nSPS) is 15.0. The Kier molecular flexibility index (Phi) is 5.30. The van der Waals surface area contributed by atoms with E-state index < -0.39 is 5.97 Å². The Morgan fingerprint density at radius 1 is 1.26 bits per heavy atom. The van der Waals surface area contributed by atoms with Crippen LogP contribution in [-0.4, -0.2) is 31.9 Å². The zero-order valence-corrected chi connectivity index (χ0v) is 15.4. The minimum atomic E-state index is -0.957. The predicted octanol–water partition coefficient (Wildman–Crippen LogP) is 2.70. The Balaban J connectivity index is 1.70. The van der Waals surface area contributed by atoms with Crippen LogP contribution in [0, 0.1) is 12.8 Å². The number of aromatic nitrogens is 2. The number of nitrogens with zero attached hydrogens (tertiary/aromatic N) is 2. The first-order chi connectivity index (χ1) is 12.9. The third-order valence-electron chi connectivity index (χ3n) is 4.93. The molecule has 1 atom stereocenters. The van der Waals surface area contributed by atoms with Gasteiger partial charge in [-0.2, -0.15) is 5.10 Å². The van der Waals surface area contributed by atoms with E-state index in [1.165, 1.54) is 0 Å². The number of phenols is 1. The van der Waals surface area contributed by atoms with Crippen molar-refractivity contribution < 1.29 is 19.8 Å². The molecule has 0 radical (unpaired) electrons. The standard InChI is InChI=1S/C20H23N3O4/c1-12(19(25)22-18-5-3-4-17(18)20(26)27)10-14-11-21-23(13(14)2)15-6-8-16(24)9-7-15/h6-9,11-12,24H,3-5,10H2,1-2H3,(H,22,25)(H,26,27). The SMILES string of the molecule is Cc1c(CC(C)C(=O)NC2=C(C(=O)O)CCC2)cnn1-c1ccc(O)cc1. The van der Waals surface area contributed by atoms with Gasteiger partial charge in [0.2, 0.25) is 5.91 Å². The average molecular weight is 369 g/mol. The van der Waals surface area contributed by atoms with Crippen LogP contribution in [-0.2, 0) is 16.0 Å². The monoisotopic (exact) mass is 369 g/mol. The molecule has 1 aliphatic carbocycles. The van der Waals surface area contributed by atoms with Crippen molar-refractivity contribution in [3.8, 4) is 11.4 Å². The average Bonchev–Trinajstić information content (AvgIpc) is 3.23. The topological polar surface area (TPSA) is 104 Å². The van der Waals surface area contributed by atoms with Gasteiger partial charge in [-0.25, -0.2) is 9.48 Å². The zero-order chi connectivity index (χ0) is 19.6. The largest absolute Gasteiger partial charge is 0.508 e. The third kappa shape index (κ3) is 4.02. The van der Waals surface area contributed by atoms with Gasteiger partial charge in [0, 0.05) is 17.3 Å². The third-order valence-corrected chi connectivity index (χ3v) is 4.93. The number of aliphatic carboxylic acids is 1. The van der Waals surface area contributed by atoms with Crippen LogP contribution in [0.2, 0.25) is 0 Å². The zero-order valence-electron chi connectivity index (χ0n) is 15.4. The summed E-state index contributed by atoms with van der Waals surface area (Å²) in [5.41, 5.74) is 3.55. The first kappa shape index (κ1) is 18.7. The molecule has 1 heterocycles. The minimum Gasteiger partial charge on any atom is -0.508 e. The molecule has 1 aromatic carbocycles. The summed E-state index contributed by atoms with van der Waals surface area (Å²) in [6.45, 7) is 3.75. The highest BCUT2D eigenvalue weighted by Gasteiger charge is 2.24. The van der Waals surface area contributed by atoms with E-state index in [1.807, 2.05) is 13.8 Å². The van der Waals surface area contributed by atoms with E-state index in [4.69, 9.17) is 0 Å². The number of benzene rings is 1. The van der Waals surface area contributed by atoms with Crippen LogP contribution < -0.4 is 5.32 Å². The summed E-state index contributed by atoms with van der Waals surface area (Å²) in [6.07, 6.45) is 4.09. The van der Waals surface area contributed by atoms with Gasteiger partial charge in [-0.1, -0.05) is 6.92 Å². The molecule has 3 N–H and O–H groups in total. The summed E-state index contributed by atoms with van der Waals surface area (Å²) >= 11 is 0. The van der Waals surface area contributed by atoms with Gasteiger partial charge in [0.1, 0.15) is 5.75 Å². The molecule has 1 unspecified atom stereocenters. The fourth-order valence-corrected chi connectivity index (χ4v) is 3.31. The summed E-state index contributed by atoms with van der Waals surface area (Å²) in [6, 6.07) is 6.74. The lowest BCUT2D eigenvalue weighted by Gasteiger charge is -2.14. The second-order valence-corrected chi connectivity index (χ2v) is 6.89. The smallest absolute Gasteiger partial charge is 0.333 e. The lowest BCUT2D eigenvalue weighted by molar-refractivity contribution is -0.132. The molecule has 0 fully saturated rings. The maximum Gasteiger partial charge on any atom is 0.333 e. The highest BCUT2D eigenvalue weighted by molar-refractivity contribution is 5.90. The van der Waals surface area contributed by atoms with Gasteiger partial charge in [0.25, 0.3) is 0 Å². The highest BCUT2D eigenvalue weighted by atomic mass is 16.4. The number of hydrogen-bond donors (Lipinski definition) is 3. The number of carbonyl (C=O) groups is 2. The first-order valence-electron chi connectivity index (χ1n) is 8.96. The fourth-order valence-electron chi connectivity index (χ4n) is 3.31. The molecule has 0 saturated carbocycles. The van der Waals surface area contributed by atoms with Crippen molar-refractivity contribution in [2.24, 2.45) is 5.92 Å². The number of hydrogen-bond acceptors (Lipinski definition) is 4. The molecular weight excluding hydrogens is 346 g/mol. The molecule has 0 spiro atoms. The molecule has 0 saturated heterocycles. The summed E-state index contributed by atoms with van der Waals surface area (Å²) in [4.78, 5) is 23.7. The molecule has 7 nitrogen and oxygen atoms in total. The van der Waals surface area contributed by atoms with Gasteiger partial charge in [-0.3, -0.25) is 4.79 Å². The van der Waals surface area contributed by atoms with E-state index in [-0.39, 0.29) is 17.6 Å². The molecule has 7 heteroatoms. The first-order valence-corrected chi connectivity index (χ1v) is 8.96. The molecule has 1 aromatic heterocycles. The Hall–Kier alpha value is -3.09. The van der Waals surface area contributed by atoms with Crippen LogP contribution in [0.3, 0.4) is 0 Å². The van der Waals surface area contributed by atoms with Crippen molar-refractivity contribution in [2.45, 2.75) is 39.5 Å². The molecule has 2 aromatic rings. The quantitative estimate of drug-likeness (QED) is 0.726. The summed E-state index contributed by atoms with van der Waals surface area (Å²) < 4.78 is 1.77. The number of phenolic OH excluding ortho intramolecular Hbond substituents is 1. The van der Waals surface area contributed by atoms with Crippen LogP contribution in [0.4, 0.5) is 0 Å². The Bertz CT molecular complexity index is 896. The van der Waals surface area contributed by atoms with E-state index in [1.54, 1.807) is 35.1 Å². The second-order valence-electron chi connectivity index (χ2n) is 6.89. The van der Waals surface area contributed by atoms with Gasteiger partial charge in [-0.15, -0.1) is 0 Å². The lowest BCUT2D eigenvalue weighted by Crippen LogP contribution is -2.30. The van der Waals surface area contributed by atoms with Crippen molar-refractivity contribution in [3.05, 3.63) is 53.0 Å². The molecule has 0 bridgehead atoms. The molecule has 0 aliphatic heterocycles. The molecular formula is C20H23N3O4. The number of aromatic hydroxyl groups is 1. The van der Waals surface area contributed by atoms with Crippen LogP contribution in [0.1, 0.15) is 37.4 Å². The molecule has 1 amide bonds. The summed E-state index contributed by atoms with van der Waals surface area (Å²) in [5, 5.41) is 25.8. The fraction of sp³-hybridized carbons (Fsp3) is 0.350. The summed E-state index contributed by atoms with van der Waals surface area (Å²) in [7, 11) is 0. The Labute approximate surface area is 157 Å². The van der Waals surface area contributed by atoms with E-state index in [0.29, 0.717) is 30.5 Å². The number of nitrogens with one attached hydrogen (secondary N) is 1. The summed E-state index contributed by atoms with van der Waals surface area (Å²) in [5.74, 6) is -1.26. The number of amides is 1. The van der Waals surface area contributed by atoms with E-state index in [9.17, 15) is 19.8 Å². The maximum absolute atomic E-state index is 12.5. The second kappa shape index (κ2) is 7.65. The van der Waals surface area contributed by atoms with Crippen molar-refractivity contribution in [1.82, 2.24) is 15.1 Å². The van der Waals surface area contributed by atoms with Gasteiger partial charge >= 0.3 is 5.97 Å². The Morgan fingerprint density at radius 2 is 1.96 bits per heavy atom. The van der Waals surface area contributed by atoms with Crippen molar-refractivity contribution in [1.29, 1.82) is 0 Å². The number of allylic oxidation sites excluding steroid dienone is 1. The van der Waals surface area contributed by atoms with E-state index in [0.717, 1.165) is 23.4 Å². The predicted molar refractivity (Wildman–Crippen MR) is 99.5 cm³/mol. The highest BCUT2D eigenvalue weighted by Crippen LogP contribution is 2.25. The van der Waals surface area contributed by atoms with E-state index in [2.05, 4.69) is 10.4 Å². The van der Waals surface area contributed by atoms with Gasteiger partial charge < -0.3 is 15.5 Å². The molecule has 27 heavy (non-hydrogen) atoms. The number of carboxylic acid groups (broad SMARTS) is 1. The van der Waals surface area contributed by atoms with Gasteiger partial charge in [0.15, 0.2) is 0 Å². The lowest BCUT2D eigenvalue weighted by atomic mass is 10.0. The van der Waals surface area contributed by atoms with Crippen molar-refractivity contribution in [2.75, 3.05) is 0 Å². The number of rotatable bonds is 6. The molecule has 142 valence electrons. The van der Waals surface area contributed by atoms with Gasteiger partial charge in [0.05, 0.1) is 17.5 Å². The minimum absolute atomic E-state index is 0.178. The maximum atomic E-state index is 12.5. The number of carboxylic acids is 1. The van der Waals surface area contributed by atoms with Crippen LogP contribution >= 0.6 is 0 Å². The van der Waals surface area contributed by atoms with E-state index >= 15 is 0 Å². The molecule has 3 rings (SSSR count). The number of carbonyl (C=O) groups excluding carboxylic acids is 1. The van der Waals surface area contributed by atoms with Crippen molar-refractivity contribution >= 4 is 11.9 Å². The van der Waals surface area contributed by atoms with Crippen LogP contribution in [0.25, 0.3) is 5.69 Å². The molecule has 1 aliphatic rings. The van der Waals surface area contributed by atoms with Crippen LogP contribution in [0.5, 0.6) is 5.75 Å². The Morgan fingerprint density at radius 3 is 2.63 bits per heavy atom. The van der Waals surface area contributed by atoms with Crippen molar-refractivity contribution in [3.63, 3.8) is 0 Å². The van der Waals surface area contributed by atoms with Crippen LogP contribution in [0.15, 0.2) is 41.7 Å².